The van der Waals surface area contributed by atoms with Crippen LogP contribution in [-0.4, -0.2) is 66.3 Å². The van der Waals surface area contributed by atoms with Gasteiger partial charge in [-0.15, -0.1) is 0 Å². The SMILES string of the molecule is CCOC(=O)N1CCN(S(=O)(=O)c2cn(C(C)C)nc2-c2ccccc2)CC1. The maximum Gasteiger partial charge on any atom is 0.409 e. The van der Waals surface area contributed by atoms with Gasteiger partial charge in [0.2, 0.25) is 10.0 Å². The van der Waals surface area contributed by atoms with Crippen molar-refractivity contribution in [3.63, 3.8) is 0 Å². The normalized spacial score (nSPS) is 15.8. The number of amides is 1. The van der Waals surface area contributed by atoms with Gasteiger partial charge in [0.1, 0.15) is 10.6 Å². The fourth-order valence-electron chi connectivity index (χ4n) is 3.09. The zero-order chi connectivity index (χ0) is 20.3. The van der Waals surface area contributed by atoms with Crippen molar-refractivity contribution < 1.29 is 17.9 Å². The summed E-state index contributed by atoms with van der Waals surface area (Å²) in [6, 6.07) is 9.34. The van der Waals surface area contributed by atoms with Gasteiger partial charge in [-0.25, -0.2) is 13.2 Å². The van der Waals surface area contributed by atoms with Crippen LogP contribution in [0.2, 0.25) is 0 Å². The minimum Gasteiger partial charge on any atom is -0.450 e. The van der Waals surface area contributed by atoms with Crippen LogP contribution < -0.4 is 0 Å². The zero-order valence-corrected chi connectivity index (χ0v) is 17.2. The van der Waals surface area contributed by atoms with Crippen LogP contribution in [0.4, 0.5) is 4.79 Å². The summed E-state index contributed by atoms with van der Waals surface area (Å²) in [5.74, 6) is 0. The predicted octanol–water partition coefficient (Wildman–Crippen LogP) is 2.59. The smallest absolute Gasteiger partial charge is 0.409 e. The van der Waals surface area contributed by atoms with Gasteiger partial charge in [0.25, 0.3) is 0 Å². The van der Waals surface area contributed by atoms with Crippen molar-refractivity contribution >= 4 is 16.1 Å². The molecule has 2 heterocycles. The van der Waals surface area contributed by atoms with E-state index in [2.05, 4.69) is 5.10 Å². The molecule has 0 aliphatic carbocycles. The third kappa shape index (κ3) is 4.05. The summed E-state index contributed by atoms with van der Waals surface area (Å²) >= 11 is 0. The van der Waals surface area contributed by atoms with E-state index in [1.165, 1.54) is 9.21 Å². The van der Waals surface area contributed by atoms with E-state index in [-0.39, 0.29) is 24.0 Å². The third-order valence-electron chi connectivity index (χ3n) is 4.66. The fraction of sp³-hybridized carbons (Fsp3) is 0.474. The molecule has 1 aliphatic heterocycles. The fourth-order valence-corrected chi connectivity index (χ4v) is 4.66. The highest BCUT2D eigenvalue weighted by Gasteiger charge is 2.34. The lowest BCUT2D eigenvalue weighted by Gasteiger charge is -2.33. The number of nitrogens with zero attached hydrogens (tertiary/aromatic N) is 4. The maximum atomic E-state index is 13.4. The van der Waals surface area contributed by atoms with Crippen molar-refractivity contribution in [3.05, 3.63) is 36.5 Å². The molecule has 9 heteroatoms. The van der Waals surface area contributed by atoms with Gasteiger partial charge in [0, 0.05) is 44.0 Å². The molecule has 8 nitrogen and oxygen atoms in total. The first-order valence-electron chi connectivity index (χ1n) is 9.41. The number of piperazine rings is 1. The number of sulfonamides is 1. The second kappa shape index (κ2) is 8.32. The number of ether oxygens (including phenoxy) is 1. The molecule has 1 aromatic carbocycles. The average Bonchev–Trinajstić information content (AvgIpc) is 3.16. The standard InChI is InChI=1S/C19H26N4O4S/c1-4-27-19(24)21-10-12-22(13-11-21)28(25,26)17-14-23(15(2)3)20-18(17)16-8-6-5-7-9-16/h5-9,14-15H,4,10-13H2,1-3H3. The van der Waals surface area contributed by atoms with Crippen LogP contribution in [0.25, 0.3) is 11.3 Å². The van der Waals surface area contributed by atoms with Gasteiger partial charge in [-0.3, -0.25) is 4.68 Å². The summed E-state index contributed by atoms with van der Waals surface area (Å²) in [5, 5.41) is 4.53. The Kier molecular flexibility index (Phi) is 6.04. The van der Waals surface area contributed by atoms with Crippen molar-refractivity contribution in [2.24, 2.45) is 0 Å². The number of benzene rings is 1. The molecule has 1 aromatic heterocycles. The summed E-state index contributed by atoms with van der Waals surface area (Å²) in [6.45, 7) is 7.01. The van der Waals surface area contributed by atoms with E-state index < -0.39 is 16.1 Å². The van der Waals surface area contributed by atoms with Crippen molar-refractivity contribution in [2.75, 3.05) is 32.8 Å². The van der Waals surface area contributed by atoms with E-state index in [0.717, 1.165) is 5.56 Å². The van der Waals surface area contributed by atoms with Crippen molar-refractivity contribution in [1.82, 2.24) is 19.0 Å². The number of aromatic nitrogens is 2. The van der Waals surface area contributed by atoms with Gasteiger partial charge >= 0.3 is 6.09 Å². The topological polar surface area (TPSA) is 84.7 Å². The highest BCUT2D eigenvalue weighted by molar-refractivity contribution is 7.89. The van der Waals surface area contributed by atoms with E-state index in [1.54, 1.807) is 17.8 Å². The molecule has 0 bridgehead atoms. The van der Waals surface area contributed by atoms with Gasteiger partial charge in [-0.2, -0.15) is 9.40 Å². The first kappa shape index (κ1) is 20.3. The molecule has 0 radical (unpaired) electrons. The summed E-state index contributed by atoms with van der Waals surface area (Å²) in [4.78, 5) is 13.6. The molecule has 0 spiro atoms. The number of rotatable bonds is 5. The van der Waals surface area contributed by atoms with Gasteiger partial charge in [-0.1, -0.05) is 30.3 Å². The zero-order valence-electron chi connectivity index (χ0n) is 16.4. The van der Waals surface area contributed by atoms with Crippen LogP contribution in [-0.2, 0) is 14.8 Å². The molecule has 0 N–H and O–H groups in total. The first-order valence-corrected chi connectivity index (χ1v) is 10.8. The molecular formula is C19H26N4O4S. The lowest BCUT2D eigenvalue weighted by atomic mass is 10.2. The van der Waals surface area contributed by atoms with Crippen LogP contribution in [0.3, 0.4) is 0 Å². The molecule has 28 heavy (non-hydrogen) atoms. The largest absolute Gasteiger partial charge is 0.450 e. The third-order valence-corrected chi connectivity index (χ3v) is 6.56. The minimum atomic E-state index is -3.74. The molecule has 1 saturated heterocycles. The Morgan fingerprint density at radius 2 is 1.79 bits per heavy atom. The van der Waals surface area contributed by atoms with Crippen molar-refractivity contribution in [3.8, 4) is 11.3 Å². The minimum absolute atomic E-state index is 0.0343. The molecule has 1 fully saturated rings. The summed E-state index contributed by atoms with van der Waals surface area (Å²) < 4.78 is 34.8. The molecular weight excluding hydrogens is 380 g/mol. The Labute approximate surface area is 165 Å². The summed E-state index contributed by atoms with van der Waals surface area (Å²) in [6.07, 6.45) is 1.19. The number of carbonyl (C=O) groups is 1. The summed E-state index contributed by atoms with van der Waals surface area (Å²) in [7, 11) is -3.74. The molecule has 152 valence electrons. The lowest BCUT2D eigenvalue weighted by Crippen LogP contribution is -2.50. The van der Waals surface area contributed by atoms with Crippen LogP contribution in [0, 0.1) is 0 Å². The Hall–Kier alpha value is -2.39. The molecule has 3 rings (SSSR count). The van der Waals surface area contributed by atoms with Gasteiger partial charge < -0.3 is 9.64 Å². The number of carbonyl (C=O) groups excluding carboxylic acids is 1. The average molecular weight is 407 g/mol. The quantitative estimate of drug-likeness (QED) is 0.762. The van der Waals surface area contributed by atoms with Gasteiger partial charge in [-0.05, 0) is 20.8 Å². The van der Waals surface area contributed by atoms with E-state index >= 15 is 0 Å². The molecule has 1 amide bonds. The van der Waals surface area contributed by atoms with Gasteiger partial charge in [0.05, 0.1) is 6.61 Å². The summed E-state index contributed by atoms with van der Waals surface area (Å²) in [5.41, 5.74) is 1.20. The van der Waals surface area contributed by atoms with E-state index in [4.69, 9.17) is 4.74 Å². The van der Waals surface area contributed by atoms with E-state index in [0.29, 0.717) is 25.4 Å². The van der Waals surface area contributed by atoms with Crippen LogP contribution in [0.15, 0.2) is 41.4 Å². The number of hydrogen-bond acceptors (Lipinski definition) is 5. The first-order chi connectivity index (χ1) is 13.3. The van der Waals surface area contributed by atoms with Crippen molar-refractivity contribution in [2.45, 2.75) is 31.7 Å². The number of hydrogen-bond donors (Lipinski definition) is 0. The molecule has 1 aliphatic rings. The Bertz CT molecular complexity index is 917. The molecule has 0 saturated carbocycles. The van der Waals surface area contributed by atoms with Crippen LogP contribution >= 0.6 is 0 Å². The van der Waals surface area contributed by atoms with Crippen molar-refractivity contribution in [1.29, 1.82) is 0 Å². The molecule has 0 atom stereocenters. The Morgan fingerprint density at radius 3 is 2.36 bits per heavy atom. The second-order valence-corrected chi connectivity index (χ2v) is 8.78. The molecule has 2 aromatic rings. The van der Waals surface area contributed by atoms with E-state index in [9.17, 15) is 13.2 Å². The highest BCUT2D eigenvalue weighted by Crippen LogP contribution is 2.30. The monoisotopic (exact) mass is 406 g/mol. The predicted molar refractivity (Wildman–Crippen MR) is 105 cm³/mol. The Morgan fingerprint density at radius 1 is 1.14 bits per heavy atom. The van der Waals surface area contributed by atoms with Crippen LogP contribution in [0.1, 0.15) is 26.8 Å². The Balaban J connectivity index is 1.89. The lowest BCUT2D eigenvalue weighted by molar-refractivity contribution is 0.0934. The maximum absolute atomic E-state index is 13.4. The highest BCUT2D eigenvalue weighted by atomic mass is 32.2. The van der Waals surface area contributed by atoms with Gasteiger partial charge in [0.15, 0.2) is 0 Å². The van der Waals surface area contributed by atoms with Crippen LogP contribution in [0.5, 0.6) is 0 Å². The second-order valence-electron chi connectivity index (χ2n) is 6.87. The molecule has 0 unspecified atom stereocenters. The van der Waals surface area contributed by atoms with E-state index in [1.807, 2.05) is 44.2 Å².